The number of aromatic hydroxyl groups is 1. The summed E-state index contributed by atoms with van der Waals surface area (Å²) in [4.78, 5) is 17.5. The fourth-order valence-corrected chi connectivity index (χ4v) is 3.49. The second-order valence-corrected chi connectivity index (χ2v) is 6.31. The maximum absolute atomic E-state index is 12.6. The number of para-hydroxylation sites is 1. The largest absolute Gasteiger partial charge is 0.508 e. The Morgan fingerprint density at radius 2 is 1.92 bits per heavy atom. The van der Waals surface area contributed by atoms with Crippen molar-refractivity contribution < 1.29 is 14.6 Å². The number of phenols is 1. The Labute approximate surface area is 151 Å². The van der Waals surface area contributed by atoms with Crippen LogP contribution < -0.4 is 0 Å². The Morgan fingerprint density at radius 1 is 1.15 bits per heavy atom. The molecule has 0 unspecified atom stereocenters. The van der Waals surface area contributed by atoms with Crippen LogP contribution in [0.15, 0.2) is 48.5 Å². The highest BCUT2D eigenvalue weighted by Gasteiger charge is 2.27. The zero-order valence-electron chi connectivity index (χ0n) is 14.5. The highest BCUT2D eigenvalue weighted by atomic mass is 16.5. The van der Waals surface area contributed by atoms with Gasteiger partial charge in [-0.25, -0.2) is 9.78 Å². The minimum atomic E-state index is -0.284. The van der Waals surface area contributed by atoms with E-state index < -0.39 is 0 Å². The molecule has 4 rings (SSSR count). The lowest BCUT2D eigenvalue weighted by Gasteiger charge is -2.11. The smallest absolute Gasteiger partial charge is 0.339 e. The van der Waals surface area contributed by atoms with Crippen LogP contribution in [-0.4, -0.2) is 22.7 Å². The van der Waals surface area contributed by atoms with Gasteiger partial charge in [-0.3, -0.25) is 0 Å². The van der Waals surface area contributed by atoms with Gasteiger partial charge in [0.05, 0.1) is 23.4 Å². The predicted octanol–water partition coefficient (Wildman–Crippen LogP) is 4.60. The fraction of sp³-hybridized carbons (Fsp3) is 0.182. The summed E-state index contributed by atoms with van der Waals surface area (Å²) >= 11 is 0. The van der Waals surface area contributed by atoms with Crippen molar-refractivity contribution in [2.75, 3.05) is 6.61 Å². The first-order chi connectivity index (χ1) is 12.7. The minimum Gasteiger partial charge on any atom is -0.508 e. The van der Waals surface area contributed by atoms with Gasteiger partial charge in [0.2, 0.25) is 0 Å². The summed E-state index contributed by atoms with van der Waals surface area (Å²) in [7, 11) is 0. The lowest BCUT2D eigenvalue weighted by molar-refractivity contribution is 0.0527. The molecule has 1 N–H and O–H groups in total. The van der Waals surface area contributed by atoms with Crippen LogP contribution in [0.1, 0.15) is 40.5 Å². The van der Waals surface area contributed by atoms with Crippen molar-refractivity contribution in [3.63, 3.8) is 0 Å². The van der Waals surface area contributed by atoms with Crippen LogP contribution in [0.2, 0.25) is 0 Å². The van der Waals surface area contributed by atoms with Crippen LogP contribution in [0.3, 0.4) is 0 Å². The molecular weight excluding hydrogens is 326 g/mol. The summed E-state index contributed by atoms with van der Waals surface area (Å²) in [5, 5.41) is 10.3. The van der Waals surface area contributed by atoms with E-state index in [0.29, 0.717) is 12.2 Å². The first-order valence-electron chi connectivity index (χ1n) is 8.76. The third-order valence-corrected chi connectivity index (χ3v) is 4.66. The number of aromatic nitrogens is 1. The third kappa shape index (κ3) is 2.84. The van der Waals surface area contributed by atoms with Gasteiger partial charge < -0.3 is 9.84 Å². The van der Waals surface area contributed by atoms with Crippen molar-refractivity contribution in [2.45, 2.75) is 19.8 Å². The number of nitrogens with zero attached hydrogens (tertiary/aromatic N) is 1. The molecule has 26 heavy (non-hydrogen) atoms. The van der Waals surface area contributed by atoms with E-state index in [2.05, 4.69) is 6.08 Å². The molecule has 0 bridgehead atoms. The monoisotopic (exact) mass is 345 g/mol. The van der Waals surface area contributed by atoms with Crippen molar-refractivity contribution in [2.24, 2.45) is 0 Å². The summed E-state index contributed by atoms with van der Waals surface area (Å²) in [6.07, 6.45) is 3.67. The van der Waals surface area contributed by atoms with E-state index >= 15 is 0 Å². The second kappa shape index (κ2) is 6.64. The van der Waals surface area contributed by atoms with Gasteiger partial charge in [-0.05, 0) is 60.7 Å². The van der Waals surface area contributed by atoms with Gasteiger partial charge in [0.15, 0.2) is 0 Å². The van der Waals surface area contributed by atoms with Gasteiger partial charge in [0, 0.05) is 5.39 Å². The van der Waals surface area contributed by atoms with Crippen molar-refractivity contribution in [3.05, 3.63) is 70.9 Å². The van der Waals surface area contributed by atoms with Crippen LogP contribution in [0.5, 0.6) is 5.75 Å². The lowest BCUT2D eigenvalue weighted by Crippen LogP contribution is -2.10. The van der Waals surface area contributed by atoms with Crippen LogP contribution in [0, 0.1) is 0 Å². The van der Waals surface area contributed by atoms with Gasteiger partial charge in [-0.2, -0.15) is 0 Å². The SMILES string of the molecule is CCOC(=O)c1c2c(nc3ccccc13)C(=Cc1ccc(O)cc1)CC2. The molecule has 0 spiro atoms. The molecule has 3 aromatic rings. The molecule has 0 amide bonds. The van der Waals surface area contributed by atoms with Crippen molar-refractivity contribution in [1.29, 1.82) is 0 Å². The summed E-state index contributed by atoms with van der Waals surface area (Å²) in [5.74, 6) is -0.0408. The number of phenolic OH excluding ortho intramolecular Hbond substituents is 1. The zero-order valence-corrected chi connectivity index (χ0v) is 14.5. The molecule has 130 valence electrons. The number of hydrogen-bond acceptors (Lipinski definition) is 4. The molecule has 4 heteroatoms. The van der Waals surface area contributed by atoms with Crippen LogP contribution in [-0.2, 0) is 11.2 Å². The van der Waals surface area contributed by atoms with Crippen molar-refractivity contribution in [3.8, 4) is 5.75 Å². The molecule has 0 aliphatic heterocycles. The second-order valence-electron chi connectivity index (χ2n) is 6.31. The van der Waals surface area contributed by atoms with Crippen LogP contribution in [0.25, 0.3) is 22.6 Å². The average Bonchev–Trinajstić information content (AvgIpc) is 3.04. The lowest BCUT2D eigenvalue weighted by atomic mass is 10.0. The van der Waals surface area contributed by atoms with Crippen LogP contribution in [0.4, 0.5) is 0 Å². The normalized spacial score (nSPS) is 14.6. The van der Waals surface area contributed by atoms with E-state index in [9.17, 15) is 9.90 Å². The standard InChI is InChI=1S/C22H19NO3/c1-2-26-22(25)20-17-5-3-4-6-19(17)23-21-15(9-12-18(20)21)13-14-7-10-16(24)11-8-14/h3-8,10-11,13,24H,2,9,12H2,1H3. The quantitative estimate of drug-likeness (QED) is 0.705. The number of carbonyl (C=O) groups excluding carboxylic acids is 1. The number of benzene rings is 2. The molecule has 1 aliphatic carbocycles. The van der Waals surface area contributed by atoms with Gasteiger partial charge in [0.25, 0.3) is 0 Å². The molecule has 0 atom stereocenters. The van der Waals surface area contributed by atoms with E-state index in [1.54, 1.807) is 12.1 Å². The number of pyridine rings is 1. The highest BCUT2D eigenvalue weighted by Crippen LogP contribution is 2.37. The maximum atomic E-state index is 12.6. The van der Waals surface area contributed by atoms with E-state index in [-0.39, 0.29) is 11.7 Å². The number of rotatable bonds is 3. The Hall–Kier alpha value is -3.14. The van der Waals surface area contributed by atoms with Crippen molar-refractivity contribution in [1.82, 2.24) is 4.98 Å². The topological polar surface area (TPSA) is 59.4 Å². The minimum absolute atomic E-state index is 0.243. The molecule has 1 aromatic heterocycles. The van der Waals surface area contributed by atoms with Gasteiger partial charge in [-0.15, -0.1) is 0 Å². The molecule has 0 saturated carbocycles. The Balaban J connectivity index is 1.89. The molecule has 2 aromatic carbocycles. The molecule has 1 heterocycles. The number of fused-ring (bicyclic) bond motifs is 2. The van der Waals surface area contributed by atoms with E-state index in [0.717, 1.165) is 46.1 Å². The summed E-state index contributed by atoms with van der Waals surface area (Å²) in [5.41, 5.74) is 5.38. The maximum Gasteiger partial charge on any atom is 0.339 e. The zero-order chi connectivity index (χ0) is 18.1. The summed E-state index contributed by atoms with van der Waals surface area (Å²) in [6, 6.07) is 14.8. The molecular formula is C22H19NO3. The van der Waals surface area contributed by atoms with E-state index in [1.807, 2.05) is 43.3 Å². The fourth-order valence-electron chi connectivity index (χ4n) is 3.49. The van der Waals surface area contributed by atoms with Gasteiger partial charge in [0.1, 0.15) is 5.75 Å². The number of hydrogen-bond donors (Lipinski definition) is 1. The average molecular weight is 345 g/mol. The Morgan fingerprint density at radius 3 is 2.69 bits per heavy atom. The first kappa shape index (κ1) is 16.3. The highest BCUT2D eigenvalue weighted by molar-refractivity contribution is 6.07. The van der Waals surface area contributed by atoms with Gasteiger partial charge in [-0.1, -0.05) is 30.3 Å². The summed E-state index contributed by atoms with van der Waals surface area (Å²) < 4.78 is 5.31. The third-order valence-electron chi connectivity index (χ3n) is 4.66. The Kier molecular flexibility index (Phi) is 4.17. The Bertz CT molecular complexity index is 1020. The van der Waals surface area contributed by atoms with Gasteiger partial charge >= 0.3 is 5.97 Å². The molecule has 0 fully saturated rings. The molecule has 4 nitrogen and oxygen atoms in total. The van der Waals surface area contributed by atoms with Crippen LogP contribution >= 0.6 is 0 Å². The van der Waals surface area contributed by atoms with Crippen molar-refractivity contribution >= 4 is 28.5 Å². The molecule has 0 saturated heterocycles. The predicted molar refractivity (Wildman–Crippen MR) is 102 cm³/mol. The number of esters is 1. The molecule has 1 aliphatic rings. The number of ether oxygens (including phenoxy) is 1. The van der Waals surface area contributed by atoms with E-state index in [4.69, 9.17) is 9.72 Å². The molecule has 0 radical (unpaired) electrons. The summed E-state index contributed by atoms with van der Waals surface area (Å²) in [6.45, 7) is 2.16. The number of allylic oxidation sites excluding steroid dienone is 1. The number of carbonyl (C=O) groups is 1. The van der Waals surface area contributed by atoms with E-state index in [1.165, 1.54) is 0 Å². The first-order valence-corrected chi connectivity index (χ1v) is 8.76.